The molecule has 0 aliphatic carbocycles. The lowest BCUT2D eigenvalue weighted by atomic mass is 9.76. The molecule has 0 aromatic heterocycles. The van der Waals surface area contributed by atoms with Gasteiger partial charge in [-0.15, -0.1) is 0 Å². The van der Waals surface area contributed by atoms with E-state index in [9.17, 15) is 5.11 Å². The Hall–Kier alpha value is -1.76. The Bertz CT molecular complexity index is 610. The Balaban J connectivity index is 2.45. The fraction of sp³-hybridized carbons (Fsp3) is 0.455. The van der Waals surface area contributed by atoms with E-state index in [-0.39, 0.29) is 5.41 Å². The van der Waals surface area contributed by atoms with Crippen molar-refractivity contribution in [3.05, 3.63) is 64.2 Å². The van der Waals surface area contributed by atoms with E-state index in [1.165, 1.54) is 28.7 Å². The molecule has 0 aliphatic rings. The van der Waals surface area contributed by atoms with Gasteiger partial charge in [-0.2, -0.15) is 0 Å². The van der Waals surface area contributed by atoms with Gasteiger partial charge in [0.05, 0.1) is 0 Å². The van der Waals surface area contributed by atoms with E-state index in [1.54, 1.807) is 0 Å². The summed E-state index contributed by atoms with van der Waals surface area (Å²) in [6.07, 6.45) is 4.27. The molecule has 23 heavy (non-hydrogen) atoms. The van der Waals surface area contributed by atoms with Gasteiger partial charge in [-0.1, -0.05) is 70.9 Å². The average Bonchev–Trinajstić information content (AvgIpc) is 2.51. The number of hydrogen-bond acceptors (Lipinski definition) is 1. The number of phenols is 1. The molecular formula is C22H30O. The van der Waals surface area contributed by atoms with Crippen LogP contribution in [-0.2, 0) is 18.3 Å². The zero-order chi connectivity index (χ0) is 17.0. The second-order valence-electron chi connectivity index (χ2n) is 7.11. The van der Waals surface area contributed by atoms with E-state index in [2.05, 4.69) is 65.0 Å². The number of aromatic hydroxyl groups is 1. The van der Waals surface area contributed by atoms with Crippen molar-refractivity contribution in [1.82, 2.24) is 0 Å². The molecule has 0 bridgehead atoms. The van der Waals surface area contributed by atoms with Gasteiger partial charge in [0.25, 0.3) is 0 Å². The van der Waals surface area contributed by atoms with Crippen LogP contribution in [0.25, 0.3) is 0 Å². The van der Waals surface area contributed by atoms with Crippen LogP contribution in [0.5, 0.6) is 5.75 Å². The van der Waals surface area contributed by atoms with E-state index in [4.69, 9.17) is 0 Å². The Morgan fingerprint density at radius 2 is 1.35 bits per heavy atom. The third-order valence-electron chi connectivity index (χ3n) is 4.91. The third kappa shape index (κ3) is 3.77. The van der Waals surface area contributed by atoms with Gasteiger partial charge in [0.2, 0.25) is 0 Å². The number of aryl methyl sites for hydroxylation is 3. The Morgan fingerprint density at radius 1 is 0.826 bits per heavy atom. The van der Waals surface area contributed by atoms with Crippen LogP contribution >= 0.6 is 0 Å². The van der Waals surface area contributed by atoms with Crippen LogP contribution in [0.1, 0.15) is 68.4 Å². The lowest BCUT2D eigenvalue weighted by molar-refractivity contribution is 0.466. The monoisotopic (exact) mass is 310 g/mol. The molecule has 1 nitrogen and oxygen atoms in total. The Morgan fingerprint density at radius 3 is 1.96 bits per heavy atom. The van der Waals surface area contributed by atoms with Gasteiger partial charge < -0.3 is 5.11 Å². The molecule has 0 saturated heterocycles. The van der Waals surface area contributed by atoms with Crippen molar-refractivity contribution in [2.45, 2.75) is 65.7 Å². The molecule has 1 heteroatoms. The summed E-state index contributed by atoms with van der Waals surface area (Å²) >= 11 is 0. The fourth-order valence-electron chi connectivity index (χ4n) is 3.21. The van der Waals surface area contributed by atoms with E-state index >= 15 is 0 Å². The largest absolute Gasteiger partial charge is 0.508 e. The quantitative estimate of drug-likeness (QED) is 0.701. The molecule has 1 N–H and O–H groups in total. The number of benzene rings is 2. The zero-order valence-electron chi connectivity index (χ0n) is 15.2. The van der Waals surface area contributed by atoms with Gasteiger partial charge in [-0.3, -0.25) is 0 Å². The van der Waals surface area contributed by atoms with E-state index in [0.29, 0.717) is 5.75 Å². The second kappa shape index (κ2) is 7.21. The van der Waals surface area contributed by atoms with Gasteiger partial charge in [0.15, 0.2) is 0 Å². The molecule has 0 amide bonds. The van der Waals surface area contributed by atoms with Crippen molar-refractivity contribution in [3.63, 3.8) is 0 Å². The van der Waals surface area contributed by atoms with Gasteiger partial charge in [0.1, 0.15) is 5.75 Å². The molecule has 0 unspecified atom stereocenters. The predicted octanol–water partition coefficient (Wildman–Crippen LogP) is 5.93. The molecule has 0 heterocycles. The van der Waals surface area contributed by atoms with Crippen molar-refractivity contribution in [2.75, 3.05) is 0 Å². The smallest absolute Gasteiger partial charge is 0.118 e. The van der Waals surface area contributed by atoms with Crippen molar-refractivity contribution in [2.24, 2.45) is 0 Å². The lowest BCUT2D eigenvalue weighted by Gasteiger charge is -2.28. The molecule has 0 atom stereocenters. The first-order valence-corrected chi connectivity index (χ1v) is 8.82. The summed E-state index contributed by atoms with van der Waals surface area (Å²) in [5.74, 6) is 0.418. The second-order valence-corrected chi connectivity index (χ2v) is 7.11. The van der Waals surface area contributed by atoms with Gasteiger partial charge >= 0.3 is 0 Å². The molecule has 2 aromatic carbocycles. The van der Waals surface area contributed by atoms with Crippen molar-refractivity contribution < 1.29 is 5.11 Å². The molecule has 0 aliphatic heterocycles. The fourth-order valence-corrected chi connectivity index (χ4v) is 3.21. The summed E-state index contributed by atoms with van der Waals surface area (Å²) in [5.41, 5.74) is 6.44. The van der Waals surface area contributed by atoms with E-state index < -0.39 is 0 Å². The summed E-state index contributed by atoms with van der Waals surface area (Å²) in [6, 6.07) is 13.0. The molecule has 124 valence electrons. The summed E-state index contributed by atoms with van der Waals surface area (Å²) in [4.78, 5) is 0. The summed E-state index contributed by atoms with van der Waals surface area (Å²) in [5, 5.41) is 10.1. The van der Waals surface area contributed by atoms with Crippen LogP contribution < -0.4 is 0 Å². The first kappa shape index (κ1) is 17.6. The van der Waals surface area contributed by atoms with E-state index in [1.807, 2.05) is 6.07 Å². The average molecular weight is 310 g/mol. The molecule has 0 fully saturated rings. The molecule has 2 rings (SSSR count). The molecular weight excluding hydrogens is 280 g/mol. The van der Waals surface area contributed by atoms with Crippen LogP contribution in [-0.4, -0.2) is 5.11 Å². The minimum absolute atomic E-state index is 0.0631. The van der Waals surface area contributed by atoms with E-state index in [0.717, 1.165) is 24.8 Å². The Kier molecular flexibility index (Phi) is 5.51. The standard InChI is InChI=1S/C22H30O/c1-6-8-17-14-19(11-10-16(17)3)22(4,5)20-12-13-21(23)18(15-20)9-7-2/h10-15,23H,6-9H2,1-5H3. The maximum absolute atomic E-state index is 10.1. The first-order valence-electron chi connectivity index (χ1n) is 8.82. The molecule has 0 spiro atoms. The first-order chi connectivity index (χ1) is 10.9. The van der Waals surface area contributed by atoms with Gasteiger partial charge in [-0.25, -0.2) is 0 Å². The highest BCUT2D eigenvalue weighted by atomic mass is 16.3. The van der Waals surface area contributed by atoms with Crippen LogP contribution in [0.15, 0.2) is 36.4 Å². The van der Waals surface area contributed by atoms with Crippen LogP contribution in [0.2, 0.25) is 0 Å². The maximum Gasteiger partial charge on any atom is 0.118 e. The minimum Gasteiger partial charge on any atom is -0.508 e. The van der Waals surface area contributed by atoms with Crippen LogP contribution in [0.4, 0.5) is 0 Å². The van der Waals surface area contributed by atoms with Gasteiger partial charge in [0, 0.05) is 5.41 Å². The normalized spacial score (nSPS) is 11.7. The maximum atomic E-state index is 10.1. The third-order valence-corrected chi connectivity index (χ3v) is 4.91. The Labute approximate surface area is 141 Å². The summed E-state index contributed by atoms with van der Waals surface area (Å²) in [7, 11) is 0. The topological polar surface area (TPSA) is 20.2 Å². The summed E-state index contributed by atoms with van der Waals surface area (Å²) < 4.78 is 0. The highest BCUT2D eigenvalue weighted by Gasteiger charge is 2.24. The molecule has 2 aromatic rings. The molecule has 0 saturated carbocycles. The van der Waals surface area contributed by atoms with Gasteiger partial charge in [-0.05, 0) is 53.6 Å². The lowest BCUT2D eigenvalue weighted by Crippen LogP contribution is -2.19. The van der Waals surface area contributed by atoms with Crippen LogP contribution in [0, 0.1) is 6.92 Å². The highest BCUT2D eigenvalue weighted by Crippen LogP contribution is 2.35. The van der Waals surface area contributed by atoms with Crippen LogP contribution in [0.3, 0.4) is 0 Å². The number of rotatable bonds is 6. The highest BCUT2D eigenvalue weighted by molar-refractivity contribution is 5.45. The van der Waals surface area contributed by atoms with Crippen molar-refractivity contribution in [3.8, 4) is 5.75 Å². The SMILES string of the molecule is CCCc1cc(C(C)(C)c2ccc(O)c(CCC)c2)ccc1C. The number of phenolic OH excluding ortho intramolecular Hbond substituents is 1. The van der Waals surface area contributed by atoms with Crippen molar-refractivity contribution >= 4 is 0 Å². The number of hydrogen-bond donors (Lipinski definition) is 1. The van der Waals surface area contributed by atoms with Crippen molar-refractivity contribution in [1.29, 1.82) is 0 Å². The predicted molar refractivity (Wildman–Crippen MR) is 99.4 cm³/mol. The minimum atomic E-state index is -0.0631. The summed E-state index contributed by atoms with van der Waals surface area (Å²) in [6.45, 7) is 11.1. The zero-order valence-corrected chi connectivity index (χ0v) is 15.2. The molecule has 0 radical (unpaired) electrons.